The topological polar surface area (TPSA) is 85.7 Å². The van der Waals surface area contributed by atoms with Gasteiger partial charge in [0.15, 0.2) is 5.52 Å². The van der Waals surface area contributed by atoms with Crippen molar-refractivity contribution in [1.82, 2.24) is 25.0 Å². The fourth-order valence-electron chi connectivity index (χ4n) is 4.16. The average Bonchev–Trinajstić information content (AvgIpc) is 3.36. The lowest BCUT2D eigenvalue weighted by Crippen LogP contribution is -2.07. The zero-order valence-corrected chi connectivity index (χ0v) is 18.3. The summed E-state index contributed by atoms with van der Waals surface area (Å²) in [5, 5.41) is 9.36. The third-order valence-electron chi connectivity index (χ3n) is 5.91. The number of H-pyrrole nitrogens is 1. The first-order valence-electron chi connectivity index (χ1n) is 10.8. The minimum Gasteiger partial charge on any atom is -0.481 e. The van der Waals surface area contributed by atoms with E-state index in [4.69, 9.17) is 4.74 Å². The van der Waals surface area contributed by atoms with E-state index in [1.54, 1.807) is 18.0 Å². The Morgan fingerprint density at radius 3 is 2.29 bits per heavy atom. The van der Waals surface area contributed by atoms with Crippen LogP contribution in [-0.4, -0.2) is 32.1 Å². The Labute approximate surface area is 194 Å². The number of rotatable bonds is 4. The molecule has 3 heterocycles. The number of ether oxygens (including phenoxy) is 1. The maximum absolute atomic E-state index is 12.7. The van der Waals surface area contributed by atoms with E-state index in [0.29, 0.717) is 22.4 Å². The van der Waals surface area contributed by atoms with Gasteiger partial charge >= 0.3 is 0 Å². The van der Waals surface area contributed by atoms with Gasteiger partial charge in [-0.15, -0.1) is 5.10 Å². The highest BCUT2D eigenvalue weighted by Gasteiger charge is 2.15. The van der Waals surface area contributed by atoms with E-state index < -0.39 is 0 Å². The highest BCUT2D eigenvalue weighted by atomic mass is 16.5. The fourth-order valence-corrected chi connectivity index (χ4v) is 4.16. The average molecular weight is 445 g/mol. The summed E-state index contributed by atoms with van der Waals surface area (Å²) in [6, 6.07) is 27.9. The maximum Gasteiger partial charge on any atom is 0.278 e. The Kier molecular flexibility index (Phi) is 4.66. The molecule has 0 radical (unpaired) electrons. The molecule has 7 heteroatoms. The molecule has 0 aliphatic rings. The molecule has 7 nitrogen and oxygen atoms in total. The standard InChI is InChI=1S/C27H19N5O2/c1-34-24-14-10-20(16-28-24)19-9-13-23-22(15-19)26-25(27(33)29-23)30-31-32(26)21-11-7-18(8-12-21)17-5-3-2-4-6-17/h2-16H,1H3,(H,29,33). The Balaban J connectivity index is 1.51. The number of hydrogen-bond acceptors (Lipinski definition) is 5. The number of methoxy groups -OCH3 is 1. The van der Waals surface area contributed by atoms with Gasteiger partial charge in [-0.25, -0.2) is 9.67 Å². The molecule has 0 amide bonds. The fraction of sp³-hybridized carbons (Fsp3) is 0.0370. The Bertz CT molecular complexity index is 1690. The van der Waals surface area contributed by atoms with Crippen LogP contribution in [-0.2, 0) is 0 Å². The number of fused-ring (bicyclic) bond motifs is 3. The van der Waals surface area contributed by atoms with Crippen molar-refractivity contribution in [3.63, 3.8) is 0 Å². The second kappa shape index (κ2) is 7.97. The molecular formula is C27H19N5O2. The van der Waals surface area contributed by atoms with Gasteiger partial charge in [-0.2, -0.15) is 0 Å². The predicted octanol–water partition coefficient (Wildman–Crippen LogP) is 5.00. The van der Waals surface area contributed by atoms with E-state index in [0.717, 1.165) is 33.3 Å². The van der Waals surface area contributed by atoms with Crippen molar-refractivity contribution >= 4 is 21.9 Å². The molecule has 0 spiro atoms. The van der Waals surface area contributed by atoms with Crippen LogP contribution >= 0.6 is 0 Å². The minimum absolute atomic E-state index is 0.270. The lowest BCUT2D eigenvalue weighted by Gasteiger charge is -2.09. The molecule has 34 heavy (non-hydrogen) atoms. The minimum atomic E-state index is -0.270. The van der Waals surface area contributed by atoms with Crippen LogP contribution in [0.2, 0.25) is 0 Å². The summed E-state index contributed by atoms with van der Waals surface area (Å²) in [6.07, 6.45) is 1.76. The van der Waals surface area contributed by atoms with Gasteiger partial charge in [0, 0.05) is 23.2 Å². The first-order chi connectivity index (χ1) is 16.7. The van der Waals surface area contributed by atoms with Crippen molar-refractivity contribution in [2.45, 2.75) is 0 Å². The van der Waals surface area contributed by atoms with Gasteiger partial charge in [-0.1, -0.05) is 53.7 Å². The van der Waals surface area contributed by atoms with E-state index in [2.05, 4.69) is 32.4 Å². The largest absolute Gasteiger partial charge is 0.481 e. The molecule has 1 N–H and O–H groups in total. The first kappa shape index (κ1) is 19.9. The SMILES string of the molecule is COc1ccc(-c2ccc3[nH]c(=O)c4nnn(-c5ccc(-c6ccccc6)cc5)c4c3c2)cn1. The molecule has 6 aromatic rings. The van der Waals surface area contributed by atoms with E-state index >= 15 is 0 Å². The monoisotopic (exact) mass is 445 g/mol. The van der Waals surface area contributed by atoms with Crippen LogP contribution in [0.5, 0.6) is 5.88 Å². The normalized spacial score (nSPS) is 11.2. The van der Waals surface area contributed by atoms with Crippen LogP contribution in [0.3, 0.4) is 0 Å². The molecule has 0 fully saturated rings. The number of aromatic nitrogens is 5. The second-order valence-corrected chi connectivity index (χ2v) is 7.92. The Morgan fingerprint density at radius 2 is 1.56 bits per heavy atom. The summed E-state index contributed by atoms with van der Waals surface area (Å²) in [4.78, 5) is 19.9. The lowest BCUT2D eigenvalue weighted by atomic mass is 10.0. The van der Waals surface area contributed by atoms with E-state index in [1.165, 1.54) is 0 Å². The summed E-state index contributed by atoms with van der Waals surface area (Å²) in [5.41, 5.74) is 6.37. The van der Waals surface area contributed by atoms with Gasteiger partial charge in [-0.05, 0) is 47.0 Å². The first-order valence-corrected chi connectivity index (χ1v) is 10.8. The third-order valence-corrected chi connectivity index (χ3v) is 5.91. The molecule has 0 atom stereocenters. The molecule has 3 aromatic heterocycles. The van der Waals surface area contributed by atoms with Crippen molar-refractivity contribution in [3.05, 3.63) is 101 Å². The highest BCUT2D eigenvalue weighted by Crippen LogP contribution is 2.29. The van der Waals surface area contributed by atoms with Crippen molar-refractivity contribution in [2.75, 3.05) is 7.11 Å². The smallest absolute Gasteiger partial charge is 0.278 e. The highest BCUT2D eigenvalue weighted by molar-refractivity contribution is 6.04. The summed E-state index contributed by atoms with van der Waals surface area (Å²) >= 11 is 0. The van der Waals surface area contributed by atoms with E-state index in [9.17, 15) is 4.79 Å². The molecule has 3 aromatic carbocycles. The third kappa shape index (κ3) is 3.31. The zero-order chi connectivity index (χ0) is 23.1. The van der Waals surface area contributed by atoms with Crippen molar-refractivity contribution in [3.8, 4) is 33.8 Å². The van der Waals surface area contributed by atoms with Crippen molar-refractivity contribution < 1.29 is 4.74 Å². The van der Waals surface area contributed by atoms with Crippen LogP contribution in [0.25, 0.3) is 49.9 Å². The van der Waals surface area contributed by atoms with E-state index in [-0.39, 0.29) is 5.56 Å². The number of nitrogens with zero attached hydrogens (tertiary/aromatic N) is 4. The predicted molar refractivity (Wildman–Crippen MR) is 132 cm³/mol. The molecular weight excluding hydrogens is 426 g/mol. The van der Waals surface area contributed by atoms with E-state index in [1.807, 2.05) is 72.8 Å². The number of hydrogen-bond donors (Lipinski definition) is 1. The van der Waals surface area contributed by atoms with Crippen LogP contribution in [0.4, 0.5) is 0 Å². The van der Waals surface area contributed by atoms with Gasteiger partial charge < -0.3 is 9.72 Å². The molecule has 0 saturated carbocycles. The molecule has 6 rings (SSSR count). The van der Waals surface area contributed by atoms with Crippen molar-refractivity contribution in [2.24, 2.45) is 0 Å². The summed E-state index contributed by atoms with van der Waals surface area (Å²) in [7, 11) is 1.59. The maximum atomic E-state index is 12.7. The van der Waals surface area contributed by atoms with Gasteiger partial charge in [0.05, 0.1) is 18.3 Å². The van der Waals surface area contributed by atoms with Gasteiger partial charge in [-0.3, -0.25) is 4.79 Å². The number of pyridine rings is 2. The van der Waals surface area contributed by atoms with Crippen LogP contribution < -0.4 is 10.3 Å². The molecule has 0 saturated heterocycles. The van der Waals surface area contributed by atoms with Crippen molar-refractivity contribution in [1.29, 1.82) is 0 Å². The number of nitrogens with one attached hydrogen (secondary N) is 1. The summed E-state index contributed by atoms with van der Waals surface area (Å²) in [5.74, 6) is 0.553. The Hall–Kier alpha value is -4.78. The van der Waals surface area contributed by atoms with Gasteiger partial charge in [0.25, 0.3) is 5.56 Å². The molecule has 164 valence electrons. The molecule has 0 unspecified atom stereocenters. The lowest BCUT2D eigenvalue weighted by molar-refractivity contribution is 0.398. The Morgan fingerprint density at radius 1 is 0.824 bits per heavy atom. The van der Waals surface area contributed by atoms with Gasteiger partial charge in [0.1, 0.15) is 5.52 Å². The molecule has 0 aliphatic heterocycles. The second-order valence-electron chi connectivity index (χ2n) is 7.92. The number of benzene rings is 3. The summed E-state index contributed by atoms with van der Waals surface area (Å²) in [6.45, 7) is 0. The van der Waals surface area contributed by atoms with Crippen LogP contribution in [0.15, 0.2) is 95.9 Å². The summed E-state index contributed by atoms with van der Waals surface area (Å²) < 4.78 is 6.89. The van der Waals surface area contributed by atoms with Crippen LogP contribution in [0, 0.1) is 0 Å². The molecule has 0 aliphatic carbocycles. The zero-order valence-electron chi connectivity index (χ0n) is 18.3. The number of aromatic amines is 1. The van der Waals surface area contributed by atoms with Gasteiger partial charge in [0.2, 0.25) is 5.88 Å². The molecule has 0 bridgehead atoms. The quantitative estimate of drug-likeness (QED) is 0.413. The van der Waals surface area contributed by atoms with Crippen LogP contribution in [0.1, 0.15) is 0 Å².